The van der Waals surface area contributed by atoms with E-state index in [-0.39, 0.29) is 0 Å². The van der Waals surface area contributed by atoms with Gasteiger partial charge in [-0.3, -0.25) is 0 Å². The molecule has 0 spiro atoms. The van der Waals surface area contributed by atoms with Crippen molar-refractivity contribution in [1.82, 2.24) is 0 Å². The van der Waals surface area contributed by atoms with Gasteiger partial charge in [0.15, 0.2) is 0 Å². The second-order valence-corrected chi connectivity index (χ2v) is 6.71. The summed E-state index contributed by atoms with van der Waals surface area (Å²) in [5.74, 6) is -11.1. The van der Waals surface area contributed by atoms with Crippen LogP contribution in [0.15, 0.2) is 12.7 Å². The van der Waals surface area contributed by atoms with Gasteiger partial charge in [0.25, 0.3) is 11.8 Å². The van der Waals surface area contributed by atoms with Crippen molar-refractivity contribution in [2.75, 3.05) is 6.61 Å². The van der Waals surface area contributed by atoms with Gasteiger partial charge in [0, 0.05) is 12.5 Å². The predicted octanol–water partition coefficient (Wildman–Crippen LogP) is 5.78. The van der Waals surface area contributed by atoms with Crippen molar-refractivity contribution in [2.24, 2.45) is 0 Å². The fourth-order valence-electron chi connectivity index (χ4n) is 2.33. The second kappa shape index (κ2) is 9.69. The average Bonchev–Trinajstić information content (AvgIpc) is 2.47. The minimum absolute atomic E-state index is 0.647. The number of halogens is 11. The number of hydrogen-bond donors (Lipinski definition) is 0. The zero-order chi connectivity index (χ0) is 24.2. The summed E-state index contributed by atoms with van der Waals surface area (Å²) >= 11 is 0. The van der Waals surface area contributed by atoms with Crippen LogP contribution in [0.5, 0.6) is 0 Å². The molecule has 3 nitrogen and oxygen atoms in total. The highest BCUT2D eigenvalue weighted by atomic mass is 19.4. The third-order valence-electron chi connectivity index (χ3n) is 3.49. The first-order valence-corrected chi connectivity index (χ1v) is 8.18. The van der Waals surface area contributed by atoms with Crippen LogP contribution in [0, 0.1) is 0 Å². The predicted molar refractivity (Wildman–Crippen MR) is 80.9 cm³/mol. The van der Waals surface area contributed by atoms with E-state index in [0.29, 0.717) is 6.08 Å². The molecule has 0 aliphatic rings. The van der Waals surface area contributed by atoms with Crippen LogP contribution in [-0.4, -0.2) is 54.7 Å². The lowest BCUT2D eigenvalue weighted by Gasteiger charge is -2.34. The molecule has 0 amide bonds. The van der Waals surface area contributed by atoms with Gasteiger partial charge in [0.05, 0.1) is 25.0 Å². The van der Waals surface area contributed by atoms with Crippen LogP contribution < -0.4 is 0 Å². The maximum atomic E-state index is 14.0. The van der Waals surface area contributed by atoms with Crippen LogP contribution in [0.3, 0.4) is 0 Å². The molecule has 0 aromatic carbocycles. The molecule has 0 aliphatic carbocycles. The van der Waals surface area contributed by atoms with E-state index in [9.17, 15) is 53.1 Å². The molecule has 0 bridgehead atoms. The number of rotatable bonds is 11. The average molecular weight is 468 g/mol. The molecule has 0 saturated heterocycles. The molecule has 1 unspecified atom stereocenters. The Kier molecular flexibility index (Phi) is 9.17. The number of carbonyl (C=O) groups excluding carboxylic acids is 1. The Bertz CT molecular complexity index is 568. The second-order valence-electron chi connectivity index (χ2n) is 6.71. The van der Waals surface area contributed by atoms with Crippen LogP contribution in [-0.2, 0) is 14.3 Å². The van der Waals surface area contributed by atoms with Gasteiger partial charge in [-0.25, -0.2) is 26.7 Å². The fraction of sp³-hybridized carbons (Fsp3) is 0.812. The molecule has 0 heterocycles. The maximum absolute atomic E-state index is 14.0. The van der Waals surface area contributed by atoms with Crippen molar-refractivity contribution in [1.29, 1.82) is 0 Å². The van der Waals surface area contributed by atoms with Crippen LogP contribution in [0.4, 0.5) is 48.3 Å². The van der Waals surface area contributed by atoms with Crippen LogP contribution in [0.2, 0.25) is 0 Å². The minimum Gasteiger partial charge on any atom is -0.460 e. The van der Waals surface area contributed by atoms with Gasteiger partial charge >= 0.3 is 24.0 Å². The highest BCUT2D eigenvalue weighted by molar-refractivity contribution is 5.81. The molecule has 0 radical (unpaired) electrons. The van der Waals surface area contributed by atoms with Gasteiger partial charge in [0.2, 0.25) is 0 Å². The highest BCUT2D eigenvalue weighted by Gasteiger charge is 2.75. The lowest BCUT2D eigenvalue weighted by atomic mass is 9.91. The van der Waals surface area contributed by atoms with Gasteiger partial charge in [-0.1, -0.05) is 6.58 Å². The summed E-state index contributed by atoms with van der Waals surface area (Å²) in [6.07, 6.45) is -23.6. The summed E-state index contributed by atoms with van der Waals surface area (Å²) < 4.78 is 153. The zero-order valence-electron chi connectivity index (χ0n) is 15.6. The zero-order valence-corrected chi connectivity index (χ0v) is 15.6. The lowest BCUT2D eigenvalue weighted by Crippen LogP contribution is -2.56. The summed E-state index contributed by atoms with van der Waals surface area (Å²) in [6, 6.07) is 0. The minimum atomic E-state index is -6.81. The first-order valence-electron chi connectivity index (χ1n) is 8.18. The summed E-state index contributed by atoms with van der Waals surface area (Å²) in [6.45, 7) is 4.79. The molecule has 0 N–H and O–H groups in total. The number of alkyl halides is 11. The molecule has 0 saturated carbocycles. The Morgan fingerprint density at radius 3 is 1.70 bits per heavy atom. The number of carbonyl (C=O) groups is 1. The number of ether oxygens (including phenoxy) is 2. The Labute approximate surface area is 164 Å². The largest absolute Gasteiger partial charge is 0.460 e. The SMILES string of the molecule is C=CC(=O)OCC(CC(F)(F)CC(F)(F)CC(F)(C(F)(F)F)C(F)(F)F)OC(C)C. The van der Waals surface area contributed by atoms with E-state index in [1.165, 1.54) is 13.8 Å². The maximum Gasteiger partial charge on any atom is 0.431 e. The highest BCUT2D eigenvalue weighted by Crippen LogP contribution is 2.53. The molecule has 0 rings (SSSR count). The van der Waals surface area contributed by atoms with Crippen LogP contribution in [0.25, 0.3) is 0 Å². The van der Waals surface area contributed by atoms with Gasteiger partial charge in [-0.15, -0.1) is 0 Å². The molecular weight excluding hydrogens is 449 g/mol. The van der Waals surface area contributed by atoms with E-state index in [1.54, 1.807) is 0 Å². The van der Waals surface area contributed by atoms with Crippen molar-refractivity contribution < 1.29 is 62.6 Å². The molecule has 0 aromatic rings. The van der Waals surface area contributed by atoms with Crippen molar-refractivity contribution >= 4 is 5.97 Å². The molecule has 14 heteroatoms. The van der Waals surface area contributed by atoms with Crippen molar-refractivity contribution in [2.45, 2.75) is 75.2 Å². The van der Waals surface area contributed by atoms with Crippen molar-refractivity contribution in [3.63, 3.8) is 0 Å². The molecule has 1 atom stereocenters. The first-order chi connectivity index (χ1) is 13.2. The molecule has 0 fully saturated rings. The summed E-state index contributed by atoms with van der Waals surface area (Å²) in [4.78, 5) is 11.0. The Balaban J connectivity index is 5.48. The van der Waals surface area contributed by atoms with Gasteiger partial charge in [0.1, 0.15) is 6.61 Å². The van der Waals surface area contributed by atoms with Gasteiger partial charge < -0.3 is 9.47 Å². The van der Waals surface area contributed by atoms with E-state index >= 15 is 0 Å². The summed E-state index contributed by atoms with van der Waals surface area (Å²) in [7, 11) is 0. The van der Waals surface area contributed by atoms with Crippen LogP contribution in [0.1, 0.15) is 33.1 Å². The van der Waals surface area contributed by atoms with E-state index < -0.39 is 73.9 Å². The van der Waals surface area contributed by atoms with Crippen LogP contribution >= 0.6 is 0 Å². The van der Waals surface area contributed by atoms with Crippen molar-refractivity contribution in [3.8, 4) is 0 Å². The normalized spacial score (nSPS) is 15.3. The number of hydrogen-bond acceptors (Lipinski definition) is 3. The van der Waals surface area contributed by atoms with E-state index in [0.717, 1.165) is 0 Å². The summed E-state index contributed by atoms with van der Waals surface area (Å²) in [5.41, 5.74) is -6.40. The Morgan fingerprint density at radius 2 is 1.33 bits per heavy atom. The Hall–Kier alpha value is -1.60. The lowest BCUT2D eigenvalue weighted by molar-refractivity contribution is -0.356. The van der Waals surface area contributed by atoms with E-state index in [2.05, 4.69) is 11.3 Å². The third kappa shape index (κ3) is 8.64. The standard InChI is InChI=1S/C16H19F11O3/c1-4-11(28)29-6-10(30-9(2)3)5-12(17,18)7-13(19,20)8-14(21,15(22,23)24)16(25,26)27/h4,9-10H,1,5-8H2,2-3H3. The summed E-state index contributed by atoms with van der Waals surface area (Å²) in [5, 5.41) is 0. The number of esters is 1. The fourth-order valence-corrected chi connectivity index (χ4v) is 2.33. The first kappa shape index (κ1) is 28.4. The molecule has 0 aromatic heterocycles. The smallest absolute Gasteiger partial charge is 0.431 e. The van der Waals surface area contributed by atoms with Gasteiger partial charge in [-0.2, -0.15) is 26.3 Å². The van der Waals surface area contributed by atoms with E-state index in [1.807, 2.05) is 0 Å². The monoisotopic (exact) mass is 468 g/mol. The van der Waals surface area contributed by atoms with Crippen molar-refractivity contribution in [3.05, 3.63) is 12.7 Å². The molecule has 0 aliphatic heterocycles. The quantitative estimate of drug-likeness (QED) is 0.219. The third-order valence-corrected chi connectivity index (χ3v) is 3.49. The topological polar surface area (TPSA) is 35.5 Å². The van der Waals surface area contributed by atoms with E-state index in [4.69, 9.17) is 4.74 Å². The molecule has 30 heavy (non-hydrogen) atoms. The molecule has 178 valence electrons. The van der Waals surface area contributed by atoms with Gasteiger partial charge in [-0.05, 0) is 13.8 Å². The Morgan fingerprint density at radius 1 is 0.867 bits per heavy atom. The molecular formula is C16H19F11O3.